The third kappa shape index (κ3) is 2.68. The number of carboxylic acids is 1. The fraction of sp³-hybridized carbons (Fsp3) is 0.333. The van der Waals surface area contributed by atoms with Gasteiger partial charge in [-0.15, -0.1) is 0 Å². The van der Waals surface area contributed by atoms with E-state index < -0.39 is 5.97 Å². The average molecular weight is 288 g/mol. The zero-order valence-corrected chi connectivity index (χ0v) is 11.4. The molecule has 1 aromatic heterocycles. The number of carboxylic acid groups (broad SMARTS) is 1. The van der Waals surface area contributed by atoms with Crippen molar-refractivity contribution in [3.05, 3.63) is 36.0 Å². The standard InChI is InChI=1S/C15H16N2O4/c18-9-10-8-17(5-6-21-10)14-7-13(15(19)20)16-12-4-2-1-3-11(12)14/h1-4,7,10,18H,5-6,8-9H2,(H,19,20). The Balaban J connectivity index is 2.09. The second-order valence-corrected chi connectivity index (χ2v) is 4.97. The van der Waals surface area contributed by atoms with E-state index >= 15 is 0 Å². The van der Waals surface area contributed by atoms with Crippen molar-refractivity contribution in [3.63, 3.8) is 0 Å². The second-order valence-electron chi connectivity index (χ2n) is 4.97. The SMILES string of the molecule is O=C(O)c1cc(N2CCOC(CO)C2)c2ccccc2n1. The molecule has 3 rings (SSSR count). The Morgan fingerprint density at radius 3 is 3.00 bits per heavy atom. The summed E-state index contributed by atoms with van der Waals surface area (Å²) >= 11 is 0. The van der Waals surface area contributed by atoms with E-state index in [0.717, 1.165) is 11.1 Å². The van der Waals surface area contributed by atoms with E-state index in [1.54, 1.807) is 12.1 Å². The molecule has 1 aliphatic rings. The number of aliphatic hydroxyl groups is 1. The molecule has 0 bridgehead atoms. The van der Waals surface area contributed by atoms with E-state index in [0.29, 0.717) is 25.2 Å². The summed E-state index contributed by atoms with van der Waals surface area (Å²) in [7, 11) is 0. The van der Waals surface area contributed by atoms with Gasteiger partial charge in [0.25, 0.3) is 0 Å². The molecular formula is C15H16N2O4. The van der Waals surface area contributed by atoms with Crippen LogP contribution in [0.25, 0.3) is 10.9 Å². The van der Waals surface area contributed by atoms with Gasteiger partial charge in [0.2, 0.25) is 0 Å². The lowest BCUT2D eigenvalue weighted by molar-refractivity contribution is 0.00363. The third-order valence-corrected chi connectivity index (χ3v) is 3.60. The van der Waals surface area contributed by atoms with Gasteiger partial charge in [-0.2, -0.15) is 0 Å². The molecule has 0 saturated carbocycles. The highest BCUT2D eigenvalue weighted by molar-refractivity contribution is 5.97. The highest BCUT2D eigenvalue weighted by Gasteiger charge is 2.22. The van der Waals surface area contributed by atoms with Crippen molar-refractivity contribution in [1.29, 1.82) is 0 Å². The predicted molar refractivity (Wildman–Crippen MR) is 77.7 cm³/mol. The number of morpholine rings is 1. The number of pyridine rings is 1. The molecule has 0 radical (unpaired) electrons. The molecule has 6 heteroatoms. The first-order valence-electron chi connectivity index (χ1n) is 6.79. The molecule has 0 aliphatic carbocycles. The van der Waals surface area contributed by atoms with Crippen LogP contribution in [0.5, 0.6) is 0 Å². The minimum atomic E-state index is -1.05. The minimum absolute atomic E-state index is 0.0238. The molecule has 110 valence electrons. The predicted octanol–water partition coefficient (Wildman–Crippen LogP) is 1.13. The fourth-order valence-electron chi connectivity index (χ4n) is 2.58. The lowest BCUT2D eigenvalue weighted by Crippen LogP contribution is -2.44. The highest BCUT2D eigenvalue weighted by atomic mass is 16.5. The summed E-state index contributed by atoms with van der Waals surface area (Å²) in [4.78, 5) is 17.5. The third-order valence-electron chi connectivity index (χ3n) is 3.60. The van der Waals surface area contributed by atoms with Crippen LogP contribution in [-0.4, -0.2) is 53.6 Å². The van der Waals surface area contributed by atoms with Crippen molar-refractivity contribution < 1.29 is 19.7 Å². The van der Waals surface area contributed by atoms with Crippen LogP contribution < -0.4 is 4.90 Å². The largest absolute Gasteiger partial charge is 0.477 e. The van der Waals surface area contributed by atoms with E-state index in [9.17, 15) is 15.0 Å². The van der Waals surface area contributed by atoms with Crippen molar-refractivity contribution >= 4 is 22.6 Å². The first kappa shape index (κ1) is 13.8. The Hall–Kier alpha value is -2.18. The summed E-state index contributed by atoms with van der Waals surface area (Å²) in [5, 5.41) is 19.4. The van der Waals surface area contributed by atoms with Crippen LogP contribution in [0.15, 0.2) is 30.3 Å². The molecule has 6 nitrogen and oxygen atoms in total. The quantitative estimate of drug-likeness (QED) is 0.881. The number of benzene rings is 1. The highest BCUT2D eigenvalue weighted by Crippen LogP contribution is 2.28. The van der Waals surface area contributed by atoms with E-state index in [2.05, 4.69) is 4.98 Å². The summed E-state index contributed by atoms with van der Waals surface area (Å²) in [6.45, 7) is 1.64. The lowest BCUT2D eigenvalue weighted by atomic mass is 10.1. The Kier molecular flexibility index (Phi) is 3.72. The Bertz CT molecular complexity index is 674. The van der Waals surface area contributed by atoms with Crippen LogP contribution >= 0.6 is 0 Å². The van der Waals surface area contributed by atoms with Crippen LogP contribution in [0.3, 0.4) is 0 Å². The topological polar surface area (TPSA) is 82.9 Å². The summed E-state index contributed by atoms with van der Waals surface area (Å²) in [6.07, 6.45) is -0.251. The van der Waals surface area contributed by atoms with Gasteiger partial charge in [-0.25, -0.2) is 9.78 Å². The van der Waals surface area contributed by atoms with Crippen LogP contribution in [-0.2, 0) is 4.74 Å². The van der Waals surface area contributed by atoms with Gasteiger partial charge in [0, 0.05) is 24.2 Å². The van der Waals surface area contributed by atoms with Crippen LogP contribution in [0.4, 0.5) is 5.69 Å². The Labute approximate surface area is 121 Å². The molecule has 1 fully saturated rings. The first-order valence-corrected chi connectivity index (χ1v) is 6.79. The second kappa shape index (κ2) is 5.67. The normalized spacial score (nSPS) is 18.9. The molecule has 1 unspecified atom stereocenters. The fourth-order valence-corrected chi connectivity index (χ4v) is 2.58. The number of carbonyl (C=O) groups is 1. The number of nitrogens with zero attached hydrogens (tertiary/aromatic N) is 2. The van der Waals surface area contributed by atoms with Crippen LogP contribution in [0, 0.1) is 0 Å². The number of hydrogen-bond acceptors (Lipinski definition) is 5. The number of anilines is 1. The summed E-state index contributed by atoms with van der Waals surface area (Å²) < 4.78 is 5.44. The molecule has 21 heavy (non-hydrogen) atoms. The zero-order chi connectivity index (χ0) is 14.8. The lowest BCUT2D eigenvalue weighted by Gasteiger charge is -2.34. The maximum atomic E-state index is 11.3. The number of fused-ring (bicyclic) bond motifs is 1. The molecule has 1 aliphatic heterocycles. The van der Waals surface area contributed by atoms with Gasteiger partial charge >= 0.3 is 5.97 Å². The molecule has 1 aromatic carbocycles. The van der Waals surface area contributed by atoms with E-state index in [1.165, 1.54) is 0 Å². The number of ether oxygens (including phenoxy) is 1. The van der Waals surface area contributed by atoms with E-state index in [1.807, 2.05) is 23.1 Å². The van der Waals surface area contributed by atoms with Crippen LogP contribution in [0.1, 0.15) is 10.5 Å². The van der Waals surface area contributed by atoms with E-state index in [4.69, 9.17) is 4.74 Å². The van der Waals surface area contributed by atoms with Gasteiger partial charge in [-0.05, 0) is 12.1 Å². The van der Waals surface area contributed by atoms with Crippen LogP contribution in [0.2, 0.25) is 0 Å². The zero-order valence-electron chi connectivity index (χ0n) is 11.4. The number of aromatic nitrogens is 1. The van der Waals surface area contributed by atoms with E-state index in [-0.39, 0.29) is 18.4 Å². The van der Waals surface area contributed by atoms with Crippen molar-refractivity contribution in [2.45, 2.75) is 6.10 Å². The monoisotopic (exact) mass is 288 g/mol. The van der Waals surface area contributed by atoms with Crippen molar-refractivity contribution in [1.82, 2.24) is 4.98 Å². The Morgan fingerprint density at radius 1 is 1.43 bits per heavy atom. The molecule has 2 heterocycles. The maximum absolute atomic E-state index is 11.3. The number of aromatic carboxylic acids is 1. The molecule has 0 spiro atoms. The summed E-state index contributed by atoms with van der Waals surface area (Å²) in [5.41, 5.74) is 1.50. The Morgan fingerprint density at radius 2 is 2.24 bits per heavy atom. The number of rotatable bonds is 3. The van der Waals surface area contributed by atoms with Crippen molar-refractivity contribution in [3.8, 4) is 0 Å². The van der Waals surface area contributed by atoms with Gasteiger partial charge in [-0.3, -0.25) is 0 Å². The molecular weight excluding hydrogens is 272 g/mol. The molecule has 2 N–H and O–H groups in total. The molecule has 1 saturated heterocycles. The average Bonchev–Trinajstić information content (AvgIpc) is 2.53. The van der Waals surface area contributed by atoms with Crippen molar-refractivity contribution in [2.24, 2.45) is 0 Å². The van der Waals surface area contributed by atoms with Crippen molar-refractivity contribution in [2.75, 3.05) is 31.2 Å². The number of aliphatic hydroxyl groups excluding tert-OH is 1. The summed E-state index contributed by atoms with van der Waals surface area (Å²) in [5.74, 6) is -1.05. The first-order chi connectivity index (χ1) is 10.2. The molecule has 1 atom stereocenters. The van der Waals surface area contributed by atoms with Gasteiger partial charge in [0.15, 0.2) is 5.69 Å². The summed E-state index contributed by atoms with van der Waals surface area (Å²) in [6, 6.07) is 9.05. The van der Waals surface area contributed by atoms with Gasteiger partial charge in [0.1, 0.15) is 0 Å². The smallest absolute Gasteiger partial charge is 0.354 e. The van der Waals surface area contributed by atoms with Gasteiger partial charge in [0.05, 0.1) is 24.8 Å². The number of para-hydroxylation sites is 1. The maximum Gasteiger partial charge on any atom is 0.354 e. The molecule has 2 aromatic rings. The van der Waals surface area contributed by atoms with Gasteiger partial charge in [-0.1, -0.05) is 18.2 Å². The minimum Gasteiger partial charge on any atom is -0.477 e. The number of hydrogen-bond donors (Lipinski definition) is 2. The van der Waals surface area contributed by atoms with Gasteiger partial charge < -0.3 is 19.8 Å². The molecule has 0 amide bonds.